The third kappa shape index (κ3) is 4.96. The van der Waals surface area contributed by atoms with Gasteiger partial charge in [-0.3, -0.25) is 4.79 Å². The number of benzene rings is 2. The van der Waals surface area contributed by atoms with E-state index in [1.165, 1.54) is 12.5 Å². The third-order valence-corrected chi connectivity index (χ3v) is 3.57. The summed E-state index contributed by atoms with van der Waals surface area (Å²) < 4.78 is 5.33. The summed E-state index contributed by atoms with van der Waals surface area (Å²) in [6.45, 7) is 3.57. The van der Waals surface area contributed by atoms with Crippen molar-refractivity contribution in [2.24, 2.45) is 0 Å². The summed E-state index contributed by atoms with van der Waals surface area (Å²) >= 11 is 5.37. The van der Waals surface area contributed by atoms with Crippen molar-refractivity contribution in [1.82, 2.24) is 0 Å². The van der Waals surface area contributed by atoms with Crippen molar-refractivity contribution in [3.05, 3.63) is 48.0 Å². The average Bonchev–Trinajstić information content (AvgIpc) is 2.54. The van der Waals surface area contributed by atoms with E-state index >= 15 is 0 Å². The first-order valence-electron chi connectivity index (χ1n) is 7.64. The molecule has 126 valence electrons. The first-order chi connectivity index (χ1) is 11.5. The first kappa shape index (κ1) is 17.7. The van der Waals surface area contributed by atoms with Crippen LogP contribution in [0.1, 0.15) is 19.4 Å². The summed E-state index contributed by atoms with van der Waals surface area (Å²) in [6.07, 6.45) is 0.961. The Bertz CT molecular complexity index is 747. The minimum Gasteiger partial charge on any atom is -0.495 e. The summed E-state index contributed by atoms with van der Waals surface area (Å²) in [7, 11) is 1.58. The number of nitrogens with one attached hydrogen (secondary N) is 3. The smallest absolute Gasteiger partial charge is 0.221 e. The normalized spacial score (nSPS) is 9.96. The van der Waals surface area contributed by atoms with Crippen molar-refractivity contribution >= 4 is 40.3 Å². The van der Waals surface area contributed by atoms with E-state index in [-0.39, 0.29) is 5.91 Å². The zero-order chi connectivity index (χ0) is 17.5. The fourth-order valence-electron chi connectivity index (χ4n) is 2.24. The van der Waals surface area contributed by atoms with Crippen molar-refractivity contribution in [2.45, 2.75) is 20.3 Å². The molecule has 0 spiro atoms. The number of thiocarbonyl (C=S) groups is 1. The lowest BCUT2D eigenvalue weighted by atomic mass is 10.1. The van der Waals surface area contributed by atoms with Gasteiger partial charge in [0.25, 0.3) is 0 Å². The molecule has 0 unspecified atom stereocenters. The standard InChI is InChI=1S/C18H21N3O2S/c1-4-13-6-5-7-14(10-13)20-18(24)21-16-11-15(19-12(2)22)8-9-17(16)23-3/h5-11H,4H2,1-3H3,(H,19,22)(H2,20,21,24). The molecule has 2 aromatic carbocycles. The Morgan fingerprint density at radius 1 is 1.08 bits per heavy atom. The highest BCUT2D eigenvalue weighted by Crippen LogP contribution is 2.28. The molecule has 0 aliphatic carbocycles. The van der Waals surface area contributed by atoms with Gasteiger partial charge in [0.15, 0.2) is 5.11 Å². The van der Waals surface area contributed by atoms with Crippen LogP contribution in [0.4, 0.5) is 17.1 Å². The Kier molecular flexibility index (Phi) is 6.14. The maximum Gasteiger partial charge on any atom is 0.221 e. The molecule has 0 aliphatic rings. The van der Waals surface area contributed by atoms with Gasteiger partial charge >= 0.3 is 0 Å². The molecule has 0 aromatic heterocycles. The highest BCUT2D eigenvalue weighted by molar-refractivity contribution is 7.80. The van der Waals surface area contributed by atoms with Crippen LogP contribution in [0.2, 0.25) is 0 Å². The number of aryl methyl sites for hydroxylation is 1. The van der Waals surface area contributed by atoms with Crippen LogP contribution in [-0.2, 0) is 11.2 Å². The maximum absolute atomic E-state index is 11.2. The lowest BCUT2D eigenvalue weighted by Crippen LogP contribution is -2.19. The summed E-state index contributed by atoms with van der Waals surface area (Å²) in [4.78, 5) is 11.2. The topological polar surface area (TPSA) is 62.4 Å². The molecule has 0 saturated heterocycles. The second-order valence-electron chi connectivity index (χ2n) is 5.23. The van der Waals surface area contributed by atoms with E-state index in [9.17, 15) is 4.79 Å². The van der Waals surface area contributed by atoms with E-state index in [0.717, 1.165) is 12.1 Å². The molecule has 5 nitrogen and oxygen atoms in total. The van der Waals surface area contributed by atoms with Crippen molar-refractivity contribution < 1.29 is 9.53 Å². The third-order valence-electron chi connectivity index (χ3n) is 3.36. The van der Waals surface area contributed by atoms with Gasteiger partial charge in [-0.05, 0) is 54.5 Å². The summed E-state index contributed by atoms with van der Waals surface area (Å²) in [6, 6.07) is 13.4. The maximum atomic E-state index is 11.2. The van der Waals surface area contributed by atoms with E-state index in [1.807, 2.05) is 12.1 Å². The minimum absolute atomic E-state index is 0.136. The zero-order valence-corrected chi connectivity index (χ0v) is 14.8. The molecule has 0 heterocycles. The van der Waals surface area contributed by atoms with Crippen LogP contribution >= 0.6 is 12.2 Å². The van der Waals surface area contributed by atoms with E-state index in [2.05, 4.69) is 35.0 Å². The molecule has 1 amide bonds. The molecule has 24 heavy (non-hydrogen) atoms. The largest absolute Gasteiger partial charge is 0.495 e. The molecule has 6 heteroatoms. The van der Waals surface area contributed by atoms with Gasteiger partial charge in [-0.15, -0.1) is 0 Å². The molecule has 0 fully saturated rings. The number of methoxy groups -OCH3 is 1. The van der Waals surface area contributed by atoms with Gasteiger partial charge < -0.3 is 20.7 Å². The van der Waals surface area contributed by atoms with Crippen LogP contribution in [0, 0.1) is 0 Å². The number of carbonyl (C=O) groups is 1. The van der Waals surface area contributed by atoms with Crippen LogP contribution in [0.3, 0.4) is 0 Å². The van der Waals surface area contributed by atoms with Crippen molar-refractivity contribution in [3.8, 4) is 5.75 Å². The minimum atomic E-state index is -0.136. The fraction of sp³-hybridized carbons (Fsp3) is 0.222. The van der Waals surface area contributed by atoms with Crippen LogP contribution in [-0.4, -0.2) is 18.1 Å². The number of rotatable bonds is 5. The van der Waals surface area contributed by atoms with Gasteiger partial charge in [-0.1, -0.05) is 19.1 Å². The Morgan fingerprint density at radius 3 is 2.50 bits per heavy atom. The van der Waals surface area contributed by atoms with Gasteiger partial charge in [-0.2, -0.15) is 0 Å². The van der Waals surface area contributed by atoms with Crippen molar-refractivity contribution in [2.75, 3.05) is 23.1 Å². The predicted octanol–water partition coefficient (Wildman–Crippen LogP) is 4.02. The lowest BCUT2D eigenvalue weighted by molar-refractivity contribution is -0.114. The predicted molar refractivity (Wildman–Crippen MR) is 103 cm³/mol. The van der Waals surface area contributed by atoms with Crippen LogP contribution in [0.15, 0.2) is 42.5 Å². The van der Waals surface area contributed by atoms with Gasteiger partial charge in [-0.25, -0.2) is 0 Å². The van der Waals surface area contributed by atoms with E-state index < -0.39 is 0 Å². The summed E-state index contributed by atoms with van der Waals surface area (Å²) in [5.41, 5.74) is 3.49. The van der Waals surface area contributed by atoms with Crippen LogP contribution in [0.25, 0.3) is 0 Å². The van der Waals surface area contributed by atoms with Crippen LogP contribution in [0.5, 0.6) is 5.75 Å². The second kappa shape index (κ2) is 8.31. The highest BCUT2D eigenvalue weighted by Gasteiger charge is 2.08. The summed E-state index contributed by atoms with van der Waals surface area (Å²) in [5, 5.41) is 9.44. The number of carbonyl (C=O) groups excluding carboxylic acids is 1. The molecule has 0 radical (unpaired) electrons. The Hall–Kier alpha value is -2.60. The quantitative estimate of drug-likeness (QED) is 0.716. The van der Waals surface area contributed by atoms with Gasteiger partial charge in [0.05, 0.1) is 12.8 Å². The molecule has 0 bridgehead atoms. The molecule has 3 N–H and O–H groups in total. The van der Waals surface area contributed by atoms with Crippen molar-refractivity contribution in [1.29, 1.82) is 0 Å². The Balaban J connectivity index is 2.13. The molecule has 0 aliphatic heterocycles. The highest BCUT2D eigenvalue weighted by atomic mass is 32.1. The number of amides is 1. The monoisotopic (exact) mass is 343 g/mol. The molecule has 0 saturated carbocycles. The van der Waals surface area contributed by atoms with Crippen molar-refractivity contribution in [3.63, 3.8) is 0 Å². The zero-order valence-electron chi connectivity index (χ0n) is 14.0. The number of anilines is 3. The molecule has 0 atom stereocenters. The van der Waals surface area contributed by atoms with E-state index in [0.29, 0.717) is 22.2 Å². The molecular formula is C18H21N3O2S. The SMILES string of the molecule is CCc1cccc(NC(=S)Nc2cc(NC(C)=O)ccc2OC)c1. The average molecular weight is 343 g/mol. The van der Waals surface area contributed by atoms with Crippen LogP contribution < -0.4 is 20.7 Å². The Labute approximate surface area is 147 Å². The summed E-state index contributed by atoms with van der Waals surface area (Å²) in [5.74, 6) is 0.499. The molecule has 2 rings (SSSR count). The fourth-order valence-corrected chi connectivity index (χ4v) is 2.47. The molecular weight excluding hydrogens is 322 g/mol. The van der Waals surface area contributed by atoms with E-state index in [4.69, 9.17) is 17.0 Å². The lowest BCUT2D eigenvalue weighted by Gasteiger charge is -2.15. The number of hydrogen-bond acceptors (Lipinski definition) is 3. The van der Waals surface area contributed by atoms with E-state index in [1.54, 1.807) is 25.3 Å². The first-order valence-corrected chi connectivity index (χ1v) is 8.05. The Morgan fingerprint density at radius 2 is 1.83 bits per heavy atom. The van der Waals surface area contributed by atoms with Gasteiger partial charge in [0, 0.05) is 18.3 Å². The number of hydrogen-bond donors (Lipinski definition) is 3. The van der Waals surface area contributed by atoms with Gasteiger partial charge in [0.1, 0.15) is 5.75 Å². The second-order valence-corrected chi connectivity index (χ2v) is 5.64. The van der Waals surface area contributed by atoms with Gasteiger partial charge in [0.2, 0.25) is 5.91 Å². The molecule has 2 aromatic rings. The number of ether oxygens (including phenoxy) is 1.